The van der Waals surface area contributed by atoms with Gasteiger partial charge in [0.1, 0.15) is 11.6 Å². The Balaban J connectivity index is 2.24. The van der Waals surface area contributed by atoms with Crippen LogP contribution in [0.4, 0.5) is 10.1 Å². The van der Waals surface area contributed by atoms with E-state index < -0.39 is 34.9 Å². The predicted molar refractivity (Wildman–Crippen MR) is 71.0 cm³/mol. The monoisotopic (exact) mass is 315 g/mol. The molecule has 0 radical (unpaired) electrons. The Kier molecular flexibility index (Phi) is 3.78. The normalized spacial score (nSPS) is 17.0. The zero-order valence-corrected chi connectivity index (χ0v) is 11.8. The smallest absolute Gasteiger partial charge is 0.350 e. The number of cyclic esters (lactones) is 2. The first kappa shape index (κ1) is 15.1. The van der Waals surface area contributed by atoms with Crippen LogP contribution in [0, 0.1) is 5.82 Å². The molecular formula is C13H11ClFNO5. The third-order valence-electron chi connectivity index (χ3n) is 2.53. The van der Waals surface area contributed by atoms with Gasteiger partial charge < -0.3 is 19.9 Å². The topological polar surface area (TPSA) is 84.9 Å². The first-order valence-electron chi connectivity index (χ1n) is 5.81. The number of hydrogen-bond acceptors (Lipinski definition) is 6. The van der Waals surface area contributed by atoms with Crippen LogP contribution in [-0.4, -0.2) is 22.8 Å². The van der Waals surface area contributed by atoms with Gasteiger partial charge >= 0.3 is 11.9 Å². The molecule has 0 aliphatic carbocycles. The molecule has 1 aromatic rings. The minimum atomic E-state index is -1.34. The molecule has 0 bridgehead atoms. The summed E-state index contributed by atoms with van der Waals surface area (Å²) in [5.41, 5.74) is -0.381. The van der Waals surface area contributed by atoms with Crippen LogP contribution in [0.2, 0.25) is 5.02 Å². The van der Waals surface area contributed by atoms with Crippen molar-refractivity contribution in [2.45, 2.75) is 19.6 Å². The molecule has 112 valence electrons. The number of benzene rings is 1. The number of anilines is 1. The van der Waals surface area contributed by atoms with Gasteiger partial charge in [0.15, 0.2) is 5.57 Å². The maximum absolute atomic E-state index is 13.1. The molecule has 0 amide bonds. The van der Waals surface area contributed by atoms with Crippen molar-refractivity contribution < 1.29 is 28.6 Å². The molecule has 0 atom stereocenters. The molecule has 0 unspecified atom stereocenters. The van der Waals surface area contributed by atoms with E-state index in [1.54, 1.807) is 0 Å². The van der Waals surface area contributed by atoms with Crippen LogP contribution < -0.4 is 5.32 Å². The first-order chi connectivity index (χ1) is 9.69. The number of hydrogen-bond donors (Lipinski definition) is 2. The molecule has 1 aliphatic heterocycles. The highest BCUT2D eigenvalue weighted by Gasteiger charge is 2.38. The third-order valence-corrected chi connectivity index (χ3v) is 2.82. The van der Waals surface area contributed by atoms with Gasteiger partial charge in [0, 0.05) is 26.1 Å². The Bertz CT molecular complexity index is 634. The lowest BCUT2D eigenvalue weighted by molar-refractivity contribution is -0.222. The summed E-state index contributed by atoms with van der Waals surface area (Å²) in [6.45, 7) is 2.83. The summed E-state index contributed by atoms with van der Waals surface area (Å²) < 4.78 is 22.8. The van der Waals surface area contributed by atoms with Crippen LogP contribution in [0.1, 0.15) is 13.8 Å². The molecule has 0 aromatic heterocycles. The van der Waals surface area contributed by atoms with Gasteiger partial charge in [0.25, 0.3) is 5.79 Å². The van der Waals surface area contributed by atoms with Crippen molar-refractivity contribution in [3.63, 3.8) is 0 Å². The fourth-order valence-corrected chi connectivity index (χ4v) is 1.74. The molecule has 1 saturated heterocycles. The molecule has 1 aliphatic rings. The Hall–Kier alpha value is -2.28. The second-order valence-electron chi connectivity index (χ2n) is 4.66. The Morgan fingerprint density at radius 3 is 2.43 bits per heavy atom. The van der Waals surface area contributed by atoms with E-state index in [0.29, 0.717) is 0 Å². The van der Waals surface area contributed by atoms with Crippen molar-refractivity contribution in [2.24, 2.45) is 0 Å². The predicted octanol–water partition coefficient (Wildman–Crippen LogP) is 2.32. The number of phenolic OH excluding ortho intramolecular Hbond substituents is 1. The summed E-state index contributed by atoms with van der Waals surface area (Å²) in [4.78, 5) is 23.3. The van der Waals surface area contributed by atoms with Crippen molar-refractivity contribution in [1.82, 2.24) is 0 Å². The average molecular weight is 316 g/mol. The minimum absolute atomic E-state index is 0.0133. The van der Waals surface area contributed by atoms with Crippen molar-refractivity contribution in [2.75, 3.05) is 5.32 Å². The number of nitrogens with one attached hydrogen (secondary N) is 1. The van der Waals surface area contributed by atoms with Crippen LogP contribution in [-0.2, 0) is 19.1 Å². The second-order valence-corrected chi connectivity index (χ2v) is 5.07. The maximum atomic E-state index is 13.1. The molecule has 2 rings (SSSR count). The summed E-state index contributed by atoms with van der Waals surface area (Å²) in [7, 11) is 0. The molecule has 8 heteroatoms. The van der Waals surface area contributed by atoms with Crippen LogP contribution in [0.25, 0.3) is 0 Å². The molecule has 6 nitrogen and oxygen atoms in total. The van der Waals surface area contributed by atoms with Crippen molar-refractivity contribution >= 4 is 29.2 Å². The molecule has 0 spiro atoms. The number of esters is 2. The average Bonchev–Trinajstić information content (AvgIpc) is 2.32. The number of ether oxygens (including phenoxy) is 2. The minimum Gasteiger partial charge on any atom is -0.506 e. The van der Waals surface area contributed by atoms with E-state index in [1.165, 1.54) is 13.8 Å². The van der Waals surface area contributed by atoms with E-state index in [0.717, 1.165) is 18.3 Å². The SMILES string of the molecule is CC1(C)OC(=O)C(=CNc2cc(Cl)c(F)cc2O)C(=O)O1. The molecule has 1 aromatic carbocycles. The summed E-state index contributed by atoms with van der Waals surface area (Å²) in [6.07, 6.45) is 0.989. The Morgan fingerprint density at radius 2 is 1.86 bits per heavy atom. The van der Waals surface area contributed by atoms with E-state index in [-0.39, 0.29) is 10.7 Å². The van der Waals surface area contributed by atoms with Crippen LogP contribution >= 0.6 is 11.6 Å². The molecule has 0 saturated carbocycles. The summed E-state index contributed by atoms with van der Waals surface area (Å²) in [5.74, 6) is -4.34. The third kappa shape index (κ3) is 3.25. The van der Waals surface area contributed by atoms with Crippen LogP contribution in [0.15, 0.2) is 23.9 Å². The lowest BCUT2D eigenvalue weighted by Gasteiger charge is -2.29. The van der Waals surface area contributed by atoms with Gasteiger partial charge in [-0.05, 0) is 6.07 Å². The number of halogens is 2. The van der Waals surface area contributed by atoms with Crippen LogP contribution in [0.3, 0.4) is 0 Å². The molecular weight excluding hydrogens is 305 g/mol. The zero-order valence-electron chi connectivity index (χ0n) is 11.1. The molecule has 1 heterocycles. The van der Waals surface area contributed by atoms with Gasteiger partial charge in [-0.1, -0.05) is 11.6 Å². The van der Waals surface area contributed by atoms with Crippen LogP contribution in [0.5, 0.6) is 5.75 Å². The van der Waals surface area contributed by atoms with E-state index in [9.17, 15) is 19.1 Å². The molecule has 1 fully saturated rings. The van der Waals surface area contributed by atoms with Crippen molar-refractivity contribution in [3.8, 4) is 5.75 Å². The van der Waals surface area contributed by atoms with Crippen molar-refractivity contribution in [1.29, 1.82) is 0 Å². The van der Waals surface area contributed by atoms with Gasteiger partial charge in [0.05, 0.1) is 10.7 Å². The van der Waals surface area contributed by atoms with E-state index >= 15 is 0 Å². The highest BCUT2D eigenvalue weighted by Crippen LogP contribution is 2.30. The second kappa shape index (κ2) is 5.25. The van der Waals surface area contributed by atoms with E-state index in [4.69, 9.17) is 21.1 Å². The van der Waals surface area contributed by atoms with Crippen molar-refractivity contribution in [3.05, 3.63) is 34.7 Å². The Morgan fingerprint density at radius 1 is 1.29 bits per heavy atom. The zero-order chi connectivity index (χ0) is 15.8. The summed E-state index contributed by atoms with van der Waals surface area (Å²) in [5, 5.41) is 11.8. The maximum Gasteiger partial charge on any atom is 0.350 e. The Labute approximate surface area is 124 Å². The first-order valence-corrected chi connectivity index (χ1v) is 6.19. The quantitative estimate of drug-likeness (QED) is 0.377. The number of aromatic hydroxyl groups is 1. The number of carbonyl (C=O) groups is 2. The number of phenols is 1. The van der Waals surface area contributed by atoms with Gasteiger partial charge in [0.2, 0.25) is 0 Å². The number of rotatable bonds is 2. The lowest BCUT2D eigenvalue weighted by Crippen LogP contribution is -2.42. The standard InChI is InChI=1S/C13H11ClFNO5/c1-13(2)20-11(18)6(12(19)21-13)5-16-9-3-7(14)8(15)4-10(9)17/h3-5,16-17H,1-2H3. The highest BCUT2D eigenvalue weighted by molar-refractivity contribution is 6.31. The van der Waals surface area contributed by atoms with Gasteiger partial charge in [-0.15, -0.1) is 0 Å². The van der Waals surface area contributed by atoms with Gasteiger partial charge in [-0.2, -0.15) is 0 Å². The highest BCUT2D eigenvalue weighted by atomic mass is 35.5. The molecule has 2 N–H and O–H groups in total. The van der Waals surface area contributed by atoms with Gasteiger partial charge in [-0.3, -0.25) is 0 Å². The van der Waals surface area contributed by atoms with Gasteiger partial charge in [-0.25, -0.2) is 14.0 Å². The number of carbonyl (C=O) groups excluding carboxylic acids is 2. The summed E-state index contributed by atoms with van der Waals surface area (Å²) >= 11 is 5.57. The fourth-order valence-electron chi connectivity index (χ4n) is 1.58. The summed E-state index contributed by atoms with van der Waals surface area (Å²) in [6, 6.07) is 1.90. The van der Waals surface area contributed by atoms with E-state index in [2.05, 4.69) is 5.32 Å². The lowest BCUT2D eigenvalue weighted by atomic mass is 10.2. The largest absolute Gasteiger partial charge is 0.506 e. The van der Waals surface area contributed by atoms with E-state index in [1.807, 2.05) is 0 Å². The molecule has 21 heavy (non-hydrogen) atoms. The fraction of sp³-hybridized carbons (Fsp3) is 0.231.